The molecular weight excluding hydrogens is 266 g/mol. The maximum absolute atomic E-state index is 11.6. The normalized spacial score (nSPS) is 12.0. The van der Waals surface area contributed by atoms with Crippen LogP contribution in [0.15, 0.2) is 6.20 Å². The quantitative estimate of drug-likeness (QED) is 0.817. The molecular formula is C12H19N3O3S. The minimum atomic E-state index is -1.03. The molecule has 1 heterocycles. The minimum absolute atomic E-state index is 0.249. The Morgan fingerprint density at radius 3 is 2.68 bits per heavy atom. The Kier molecular flexibility index (Phi) is 5.88. The van der Waals surface area contributed by atoms with Crippen molar-refractivity contribution >= 4 is 16.9 Å². The lowest BCUT2D eigenvalue weighted by molar-refractivity contribution is 0.169. The standard InChI is InChI=1S/C12H19N3O3S/c1-5-6-9-7-13-10(8-19(4)17)14-11(9)18-12(16)15(2)3/h7H,5-6,8H2,1-4H3. The lowest BCUT2D eigenvalue weighted by Crippen LogP contribution is -2.26. The lowest BCUT2D eigenvalue weighted by Gasteiger charge is -2.13. The molecule has 6 nitrogen and oxygen atoms in total. The van der Waals surface area contributed by atoms with Gasteiger partial charge in [-0.3, -0.25) is 4.21 Å². The second-order valence-corrected chi connectivity index (χ2v) is 5.78. The first-order chi connectivity index (χ1) is 8.93. The Labute approximate surface area is 115 Å². The highest BCUT2D eigenvalue weighted by Gasteiger charge is 2.14. The van der Waals surface area contributed by atoms with Gasteiger partial charge in [-0.25, -0.2) is 9.78 Å². The lowest BCUT2D eigenvalue weighted by atomic mass is 10.2. The Bertz CT molecular complexity index is 477. The van der Waals surface area contributed by atoms with Gasteiger partial charge in [-0.1, -0.05) is 13.3 Å². The number of carbonyl (C=O) groups excluding carboxylic acids is 1. The van der Waals surface area contributed by atoms with E-state index in [2.05, 4.69) is 9.97 Å². The number of nitrogens with zero attached hydrogens (tertiary/aromatic N) is 3. The van der Waals surface area contributed by atoms with E-state index in [1.54, 1.807) is 26.5 Å². The van der Waals surface area contributed by atoms with Crippen LogP contribution in [0, 0.1) is 0 Å². The number of amides is 1. The van der Waals surface area contributed by atoms with Crippen molar-refractivity contribution < 1.29 is 13.7 Å². The molecule has 0 N–H and O–H groups in total. The van der Waals surface area contributed by atoms with Crippen LogP contribution < -0.4 is 4.74 Å². The van der Waals surface area contributed by atoms with Crippen LogP contribution in [-0.2, 0) is 23.0 Å². The summed E-state index contributed by atoms with van der Waals surface area (Å²) in [5.74, 6) is 0.928. The molecule has 0 spiro atoms. The first kappa shape index (κ1) is 15.6. The molecule has 0 aliphatic carbocycles. The van der Waals surface area contributed by atoms with E-state index in [1.807, 2.05) is 6.92 Å². The van der Waals surface area contributed by atoms with Crippen LogP contribution >= 0.6 is 0 Å². The van der Waals surface area contributed by atoms with Crippen molar-refractivity contribution in [2.75, 3.05) is 20.4 Å². The topological polar surface area (TPSA) is 72.4 Å². The van der Waals surface area contributed by atoms with Gasteiger partial charge in [0.2, 0.25) is 5.88 Å². The smallest absolute Gasteiger partial charge is 0.391 e. The number of hydrogen-bond acceptors (Lipinski definition) is 5. The summed E-state index contributed by atoms with van der Waals surface area (Å²) >= 11 is 0. The molecule has 7 heteroatoms. The molecule has 19 heavy (non-hydrogen) atoms. The second kappa shape index (κ2) is 7.18. The Hall–Kier alpha value is -1.50. The average Bonchev–Trinajstić information content (AvgIpc) is 2.31. The number of ether oxygens (including phenoxy) is 1. The molecule has 1 rings (SSSR count). The van der Waals surface area contributed by atoms with Gasteiger partial charge in [0, 0.05) is 42.9 Å². The van der Waals surface area contributed by atoms with E-state index in [9.17, 15) is 9.00 Å². The van der Waals surface area contributed by atoms with Gasteiger partial charge >= 0.3 is 6.09 Å². The van der Waals surface area contributed by atoms with Crippen LogP contribution in [-0.4, -0.2) is 45.5 Å². The number of aromatic nitrogens is 2. The fraction of sp³-hybridized carbons (Fsp3) is 0.583. The van der Waals surface area contributed by atoms with Gasteiger partial charge in [0.05, 0.1) is 5.75 Å². The molecule has 1 amide bonds. The molecule has 0 saturated heterocycles. The summed E-state index contributed by atoms with van der Waals surface area (Å²) in [6, 6.07) is 0. The average molecular weight is 285 g/mol. The number of hydrogen-bond donors (Lipinski definition) is 0. The van der Waals surface area contributed by atoms with Gasteiger partial charge in [-0.15, -0.1) is 0 Å². The SMILES string of the molecule is CCCc1cnc(CS(C)=O)nc1OC(=O)N(C)C. The summed E-state index contributed by atoms with van der Waals surface area (Å²) in [5.41, 5.74) is 0.781. The molecule has 0 radical (unpaired) electrons. The van der Waals surface area contributed by atoms with Crippen LogP contribution in [0.4, 0.5) is 4.79 Å². The molecule has 1 aromatic rings. The van der Waals surface area contributed by atoms with E-state index in [-0.39, 0.29) is 11.6 Å². The molecule has 106 valence electrons. The molecule has 0 aromatic carbocycles. The Balaban J connectivity index is 3.00. The van der Waals surface area contributed by atoms with Gasteiger partial charge in [-0.2, -0.15) is 4.98 Å². The molecule has 1 aromatic heterocycles. The van der Waals surface area contributed by atoms with Crippen molar-refractivity contribution in [2.45, 2.75) is 25.5 Å². The van der Waals surface area contributed by atoms with Crippen molar-refractivity contribution in [3.63, 3.8) is 0 Å². The van der Waals surface area contributed by atoms with Crippen LogP contribution in [0.3, 0.4) is 0 Å². The maximum atomic E-state index is 11.6. The number of rotatable bonds is 5. The van der Waals surface area contributed by atoms with E-state index in [0.717, 1.165) is 18.4 Å². The molecule has 0 bridgehead atoms. The molecule has 1 atom stereocenters. The fourth-order valence-corrected chi connectivity index (χ4v) is 1.88. The summed E-state index contributed by atoms with van der Waals surface area (Å²) < 4.78 is 16.4. The van der Waals surface area contributed by atoms with Crippen molar-refractivity contribution in [1.82, 2.24) is 14.9 Å². The monoisotopic (exact) mass is 285 g/mol. The van der Waals surface area contributed by atoms with Gasteiger partial charge in [-0.05, 0) is 6.42 Å². The zero-order chi connectivity index (χ0) is 14.4. The van der Waals surface area contributed by atoms with Gasteiger partial charge < -0.3 is 9.64 Å². The largest absolute Gasteiger partial charge is 0.416 e. The van der Waals surface area contributed by atoms with E-state index < -0.39 is 16.9 Å². The van der Waals surface area contributed by atoms with E-state index >= 15 is 0 Å². The van der Waals surface area contributed by atoms with E-state index in [1.165, 1.54) is 4.90 Å². The third kappa shape index (κ3) is 4.94. The van der Waals surface area contributed by atoms with Crippen molar-refractivity contribution in [1.29, 1.82) is 0 Å². The first-order valence-electron chi connectivity index (χ1n) is 5.98. The summed E-state index contributed by atoms with van der Waals surface area (Å²) in [7, 11) is 2.17. The van der Waals surface area contributed by atoms with Crippen LogP contribution in [0.1, 0.15) is 24.7 Å². The van der Waals surface area contributed by atoms with Crippen LogP contribution in [0.2, 0.25) is 0 Å². The zero-order valence-corrected chi connectivity index (χ0v) is 12.5. The summed E-state index contributed by atoms with van der Waals surface area (Å²) in [5, 5.41) is 0. The third-order valence-corrected chi connectivity index (χ3v) is 2.94. The minimum Gasteiger partial charge on any atom is -0.391 e. The molecule has 0 aliphatic rings. The summed E-state index contributed by atoms with van der Waals surface area (Å²) in [6.07, 6.45) is 4.35. The molecule has 0 fully saturated rings. The van der Waals surface area contributed by atoms with E-state index in [0.29, 0.717) is 5.82 Å². The van der Waals surface area contributed by atoms with Crippen LogP contribution in [0.25, 0.3) is 0 Å². The third-order valence-electron chi connectivity index (χ3n) is 2.28. The fourth-order valence-electron chi connectivity index (χ4n) is 1.38. The molecule has 0 aliphatic heterocycles. The Morgan fingerprint density at radius 2 is 2.16 bits per heavy atom. The van der Waals surface area contributed by atoms with Crippen molar-refractivity contribution in [3.05, 3.63) is 17.6 Å². The number of aryl methyl sites for hydroxylation is 1. The highest BCUT2D eigenvalue weighted by atomic mass is 32.2. The highest BCUT2D eigenvalue weighted by molar-refractivity contribution is 7.83. The Morgan fingerprint density at radius 1 is 1.47 bits per heavy atom. The van der Waals surface area contributed by atoms with Gasteiger partial charge in [0.15, 0.2) is 0 Å². The predicted octanol–water partition coefficient (Wildman–Crippen LogP) is 1.37. The van der Waals surface area contributed by atoms with Gasteiger partial charge in [0.25, 0.3) is 0 Å². The second-order valence-electron chi connectivity index (χ2n) is 4.35. The number of carbonyl (C=O) groups is 1. The highest BCUT2D eigenvalue weighted by Crippen LogP contribution is 2.17. The first-order valence-corrected chi connectivity index (χ1v) is 7.70. The summed E-state index contributed by atoms with van der Waals surface area (Å²) in [4.78, 5) is 21.2. The predicted molar refractivity (Wildman–Crippen MR) is 73.5 cm³/mol. The molecule has 1 unspecified atom stereocenters. The molecule has 0 saturated carbocycles. The zero-order valence-electron chi connectivity index (χ0n) is 11.7. The maximum Gasteiger partial charge on any atom is 0.416 e. The van der Waals surface area contributed by atoms with Crippen molar-refractivity contribution in [2.24, 2.45) is 0 Å². The van der Waals surface area contributed by atoms with Gasteiger partial charge in [0.1, 0.15) is 5.82 Å². The van der Waals surface area contributed by atoms with Crippen LogP contribution in [0.5, 0.6) is 5.88 Å². The van der Waals surface area contributed by atoms with E-state index in [4.69, 9.17) is 4.74 Å². The summed E-state index contributed by atoms with van der Waals surface area (Å²) in [6.45, 7) is 2.02. The van der Waals surface area contributed by atoms with Crippen molar-refractivity contribution in [3.8, 4) is 5.88 Å².